The molecule has 2 rings (SSSR count). The molecule has 1 heterocycles. The number of hydrogen-bond acceptors (Lipinski definition) is 3. The first kappa shape index (κ1) is 19.6. The second-order valence-electron chi connectivity index (χ2n) is 9.45. The van der Waals surface area contributed by atoms with Crippen molar-refractivity contribution >= 4 is 6.09 Å². The van der Waals surface area contributed by atoms with Crippen LogP contribution in [-0.4, -0.2) is 42.3 Å². The van der Waals surface area contributed by atoms with Crippen molar-refractivity contribution in [2.24, 2.45) is 11.3 Å². The predicted octanol–water partition coefficient (Wildman–Crippen LogP) is 4.58. The Morgan fingerprint density at radius 2 is 1.92 bits per heavy atom. The van der Waals surface area contributed by atoms with Gasteiger partial charge in [0.15, 0.2) is 0 Å². The number of rotatable bonds is 5. The van der Waals surface area contributed by atoms with Crippen LogP contribution in [-0.2, 0) is 4.74 Å². The molecule has 1 amide bonds. The van der Waals surface area contributed by atoms with Crippen molar-refractivity contribution in [2.45, 2.75) is 91.2 Å². The Morgan fingerprint density at radius 1 is 1.25 bits per heavy atom. The van der Waals surface area contributed by atoms with Crippen LogP contribution in [0.15, 0.2) is 0 Å². The molecule has 1 saturated carbocycles. The van der Waals surface area contributed by atoms with Crippen LogP contribution in [0.5, 0.6) is 0 Å². The lowest BCUT2D eigenvalue weighted by molar-refractivity contribution is 0.0182. The van der Waals surface area contributed by atoms with E-state index in [4.69, 9.17) is 4.74 Å². The highest BCUT2D eigenvalue weighted by molar-refractivity contribution is 5.68. The molecule has 0 bridgehead atoms. The quantitative estimate of drug-likeness (QED) is 0.797. The maximum absolute atomic E-state index is 12.3. The van der Waals surface area contributed by atoms with Gasteiger partial charge in [0.2, 0.25) is 0 Å². The normalized spacial score (nSPS) is 24.4. The summed E-state index contributed by atoms with van der Waals surface area (Å²) in [5, 5.41) is 3.81. The van der Waals surface area contributed by atoms with Crippen LogP contribution in [0, 0.1) is 11.3 Å². The summed E-state index contributed by atoms with van der Waals surface area (Å²) in [5.74, 6) is 0.759. The van der Waals surface area contributed by atoms with E-state index < -0.39 is 5.60 Å². The number of hydrogen-bond donors (Lipinski definition) is 1. The molecule has 24 heavy (non-hydrogen) atoms. The van der Waals surface area contributed by atoms with Gasteiger partial charge in [0, 0.05) is 25.7 Å². The molecular formula is C20H38N2O2. The topological polar surface area (TPSA) is 41.6 Å². The molecule has 1 saturated heterocycles. The summed E-state index contributed by atoms with van der Waals surface area (Å²) in [5.41, 5.74) is 0.0744. The third-order valence-electron chi connectivity index (χ3n) is 5.34. The minimum atomic E-state index is -0.414. The van der Waals surface area contributed by atoms with Gasteiger partial charge in [-0.05, 0) is 64.2 Å². The van der Waals surface area contributed by atoms with E-state index in [0.717, 1.165) is 38.4 Å². The van der Waals surface area contributed by atoms with Crippen LogP contribution >= 0.6 is 0 Å². The molecular weight excluding hydrogens is 300 g/mol. The van der Waals surface area contributed by atoms with E-state index in [-0.39, 0.29) is 6.09 Å². The Kier molecular flexibility index (Phi) is 6.58. The monoisotopic (exact) mass is 338 g/mol. The summed E-state index contributed by atoms with van der Waals surface area (Å²) in [4.78, 5) is 14.2. The molecule has 1 unspecified atom stereocenters. The predicted molar refractivity (Wildman–Crippen MR) is 99.2 cm³/mol. The van der Waals surface area contributed by atoms with Gasteiger partial charge in [-0.3, -0.25) is 0 Å². The van der Waals surface area contributed by atoms with Gasteiger partial charge >= 0.3 is 6.09 Å². The largest absolute Gasteiger partial charge is 0.444 e. The highest BCUT2D eigenvalue weighted by atomic mass is 16.6. The Balaban J connectivity index is 1.85. The van der Waals surface area contributed by atoms with Crippen LogP contribution in [0.3, 0.4) is 0 Å². The molecule has 1 aliphatic carbocycles. The summed E-state index contributed by atoms with van der Waals surface area (Å²) in [6.45, 7) is 13.2. The molecule has 0 aromatic carbocycles. The number of nitrogens with zero attached hydrogens (tertiary/aromatic N) is 1. The van der Waals surface area contributed by atoms with E-state index >= 15 is 0 Å². The lowest BCUT2D eigenvalue weighted by Crippen LogP contribution is -2.51. The number of nitrogens with one attached hydrogen (secondary N) is 1. The van der Waals surface area contributed by atoms with Gasteiger partial charge in [-0.2, -0.15) is 0 Å². The number of carbonyl (C=O) groups excluding carboxylic acids is 1. The van der Waals surface area contributed by atoms with Gasteiger partial charge in [0.05, 0.1) is 0 Å². The fourth-order valence-corrected chi connectivity index (χ4v) is 4.44. The first-order valence-corrected chi connectivity index (χ1v) is 9.90. The van der Waals surface area contributed by atoms with Crippen molar-refractivity contribution in [1.29, 1.82) is 0 Å². The van der Waals surface area contributed by atoms with Gasteiger partial charge in [0.25, 0.3) is 0 Å². The Morgan fingerprint density at radius 3 is 2.50 bits per heavy atom. The lowest BCUT2D eigenvalue weighted by Gasteiger charge is -2.37. The zero-order valence-electron chi connectivity index (χ0n) is 16.5. The van der Waals surface area contributed by atoms with Gasteiger partial charge < -0.3 is 15.0 Å². The second kappa shape index (κ2) is 8.07. The Bertz CT molecular complexity index is 408. The van der Waals surface area contributed by atoms with Crippen molar-refractivity contribution in [3.05, 3.63) is 0 Å². The molecule has 1 atom stereocenters. The summed E-state index contributed by atoms with van der Waals surface area (Å²) in [6.07, 6.45) is 8.87. The molecule has 2 fully saturated rings. The standard InChI is InChI=1S/C20H38N2O2/c1-16(2)13-20(10-6-7-11-20)15-21-17-9-8-12-22(14-17)18(23)24-19(3,4)5/h16-17,21H,6-15H2,1-5H3. The van der Waals surface area contributed by atoms with Crippen LogP contribution in [0.1, 0.15) is 79.6 Å². The maximum atomic E-state index is 12.3. The molecule has 4 heteroatoms. The minimum Gasteiger partial charge on any atom is -0.444 e. The summed E-state index contributed by atoms with van der Waals surface area (Å²) < 4.78 is 5.54. The Hall–Kier alpha value is -0.770. The average Bonchev–Trinajstić information content (AvgIpc) is 2.92. The van der Waals surface area contributed by atoms with Crippen molar-refractivity contribution in [1.82, 2.24) is 10.2 Å². The molecule has 1 aliphatic heterocycles. The number of likely N-dealkylation sites (tertiary alicyclic amines) is 1. The first-order chi connectivity index (χ1) is 11.2. The fourth-order valence-electron chi connectivity index (χ4n) is 4.44. The molecule has 1 N–H and O–H groups in total. The van der Waals surface area contributed by atoms with Crippen LogP contribution in [0.2, 0.25) is 0 Å². The average molecular weight is 339 g/mol. The van der Waals surface area contributed by atoms with Crippen LogP contribution < -0.4 is 5.32 Å². The van der Waals surface area contributed by atoms with Gasteiger partial charge in [-0.1, -0.05) is 26.7 Å². The number of carbonyl (C=O) groups is 1. The van der Waals surface area contributed by atoms with Crippen molar-refractivity contribution in [2.75, 3.05) is 19.6 Å². The van der Waals surface area contributed by atoms with E-state index in [1.165, 1.54) is 32.1 Å². The van der Waals surface area contributed by atoms with Crippen molar-refractivity contribution in [3.8, 4) is 0 Å². The number of ether oxygens (including phenoxy) is 1. The van der Waals surface area contributed by atoms with Crippen LogP contribution in [0.25, 0.3) is 0 Å². The molecule has 0 aromatic rings. The van der Waals surface area contributed by atoms with E-state index in [2.05, 4.69) is 19.2 Å². The number of piperidine rings is 1. The smallest absolute Gasteiger partial charge is 0.410 e. The fraction of sp³-hybridized carbons (Fsp3) is 0.950. The first-order valence-electron chi connectivity index (χ1n) is 9.90. The summed E-state index contributed by atoms with van der Waals surface area (Å²) in [7, 11) is 0. The van der Waals surface area contributed by atoms with Crippen molar-refractivity contribution < 1.29 is 9.53 Å². The van der Waals surface area contributed by atoms with Gasteiger partial charge in [0.1, 0.15) is 5.60 Å². The lowest BCUT2D eigenvalue weighted by atomic mass is 9.78. The highest BCUT2D eigenvalue weighted by Gasteiger charge is 2.35. The van der Waals surface area contributed by atoms with E-state index in [1.54, 1.807) is 0 Å². The maximum Gasteiger partial charge on any atom is 0.410 e. The third-order valence-corrected chi connectivity index (χ3v) is 5.34. The van der Waals surface area contributed by atoms with Gasteiger partial charge in [-0.25, -0.2) is 4.79 Å². The van der Waals surface area contributed by atoms with E-state index in [1.807, 2.05) is 25.7 Å². The third kappa shape index (κ3) is 5.94. The van der Waals surface area contributed by atoms with E-state index in [0.29, 0.717) is 11.5 Å². The number of amides is 1. The summed E-state index contributed by atoms with van der Waals surface area (Å²) in [6, 6.07) is 0.413. The molecule has 0 spiro atoms. The summed E-state index contributed by atoms with van der Waals surface area (Å²) >= 11 is 0. The Labute approximate surface area is 148 Å². The molecule has 0 aromatic heterocycles. The SMILES string of the molecule is CC(C)CC1(CNC2CCCN(C(=O)OC(C)(C)C)C2)CCCC1. The minimum absolute atomic E-state index is 0.160. The zero-order valence-corrected chi connectivity index (χ0v) is 16.5. The molecule has 0 radical (unpaired) electrons. The van der Waals surface area contributed by atoms with Gasteiger partial charge in [-0.15, -0.1) is 0 Å². The second-order valence-corrected chi connectivity index (χ2v) is 9.45. The molecule has 4 nitrogen and oxygen atoms in total. The van der Waals surface area contributed by atoms with Crippen LogP contribution in [0.4, 0.5) is 4.79 Å². The molecule has 2 aliphatic rings. The molecule has 140 valence electrons. The van der Waals surface area contributed by atoms with Crippen molar-refractivity contribution in [3.63, 3.8) is 0 Å². The van der Waals surface area contributed by atoms with E-state index in [9.17, 15) is 4.79 Å². The highest BCUT2D eigenvalue weighted by Crippen LogP contribution is 2.42. The zero-order chi connectivity index (χ0) is 17.8.